The van der Waals surface area contributed by atoms with Crippen LogP contribution in [0.1, 0.15) is 0 Å². The van der Waals surface area contributed by atoms with Crippen LogP contribution in [0.25, 0.3) is 108 Å². The molecule has 0 aliphatic heterocycles. The molecule has 50 heavy (non-hydrogen) atoms. The minimum absolute atomic E-state index is 0.931. The van der Waals surface area contributed by atoms with E-state index in [1.165, 1.54) is 85.5 Å². The van der Waals surface area contributed by atoms with E-state index in [9.17, 15) is 0 Å². The average Bonchev–Trinajstić information content (AvgIpc) is 3.74. The summed E-state index contributed by atoms with van der Waals surface area (Å²) >= 11 is 1.85. The summed E-state index contributed by atoms with van der Waals surface area (Å²) < 4.78 is 9.46. The van der Waals surface area contributed by atoms with E-state index in [1.54, 1.807) is 0 Å². The van der Waals surface area contributed by atoms with Crippen LogP contribution in [0.2, 0.25) is 0 Å². The molecule has 232 valence electrons. The Hall–Kier alpha value is -6.22. The SMILES string of the molecule is c1ccc(-c2c3ccccc3c(-c3ccc(-c4c5ccccc5cc5c4oc4ccc6sc7ccccc7c6c45)cc3)c3ccccc23)cc1. The molecule has 0 radical (unpaired) electrons. The van der Waals surface area contributed by atoms with Gasteiger partial charge in [0.1, 0.15) is 11.2 Å². The number of fused-ring (bicyclic) bond motifs is 10. The lowest BCUT2D eigenvalue weighted by atomic mass is 9.85. The Balaban J connectivity index is 1.17. The monoisotopic (exact) mass is 652 g/mol. The van der Waals surface area contributed by atoms with Crippen LogP contribution in [0.5, 0.6) is 0 Å². The maximum absolute atomic E-state index is 6.86. The molecule has 11 aromatic rings. The minimum atomic E-state index is 0.931. The van der Waals surface area contributed by atoms with Gasteiger partial charge in [-0.05, 0) is 84.4 Å². The summed E-state index contributed by atoms with van der Waals surface area (Å²) in [6, 6.07) is 61.8. The van der Waals surface area contributed by atoms with Gasteiger partial charge >= 0.3 is 0 Å². The molecule has 0 spiro atoms. The van der Waals surface area contributed by atoms with E-state index in [2.05, 4.69) is 170 Å². The van der Waals surface area contributed by atoms with E-state index in [-0.39, 0.29) is 0 Å². The van der Waals surface area contributed by atoms with Crippen molar-refractivity contribution in [3.05, 3.63) is 170 Å². The van der Waals surface area contributed by atoms with E-state index in [0.717, 1.165) is 22.3 Å². The highest BCUT2D eigenvalue weighted by atomic mass is 32.1. The zero-order valence-electron chi connectivity index (χ0n) is 27.0. The third-order valence-electron chi connectivity index (χ3n) is 10.4. The molecule has 0 aliphatic rings. The lowest BCUT2D eigenvalue weighted by Gasteiger charge is -2.18. The molecule has 0 atom stereocenters. The van der Waals surface area contributed by atoms with E-state index >= 15 is 0 Å². The molecule has 0 amide bonds. The van der Waals surface area contributed by atoms with Crippen LogP contribution in [-0.2, 0) is 0 Å². The van der Waals surface area contributed by atoms with Gasteiger partial charge in [0.15, 0.2) is 0 Å². The Morgan fingerprint density at radius 1 is 0.340 bits per heavy atom. The first kappa shape index (κ1) is 27.7. The van der Waals surface area contributed by atoms with E-state index < -0.39 is 0 Å². The third kappa shape index (κ3) is 3.94. The maximum Gasteiger partial charge on any atom is 0.143 e. The predicted octanol–water partition coefficient (Wildman–Crippen LogP) is 14.4. The highest BCUT2D eigenvalue weighted by Crippen LogP contribution is 2.48. The van der Waals surface area contributed by atoms with Crippen molar-refractivity contribution in [3.63, 3.8) is 0 Å². The molecule has 0 saturated heterocycles. The zero-order chi connectivity index (χ0) is 32.8. The van der Waals surface area contributed by atoms with Gasteiger partial charge in [0.25, 0.3) is 0 Å². The van der Waals surface area contributed by atoms with Gasteiger partial charge in [0, 0.05) is 36.5 Å². The van der Waals surface area contributed by atoms with Crippen LogP contribution < -0.4 is 0 Å². The van der Waals surface area contributed by atoms with Crippen LogP contribution >= 0.6 is 11.3 Å². The second-order valence-corrected chi connectivity index (χ2v) is 14.2. The summed E-state index contributed by atoms with van der Waals surface area (Å²) in [6.45, 7) is 0. The van der Waals surface area contributed by atoms with Crippen molar-refractivity contribution < 1.29 is 4.42 Å². The van der Waals surface area contributed by atoms with Gasteiger partial charge in [-0.1, -0.05) is 146 Å². The summed E-state index contributed by atoms with van der Waals surface area (Å²) in [4.78, 5) is 0. The normalized spacial score (nSPS) is 12.0. The standard InChI is InChI=1S/C48H28OS/c1-2-12-29(13-3-1)43-34-16-6-8-18-36(34)44(37-19-9-7-17-35(37)43)30-22-24-31(25-23-30)45-33-15-5-4-14-32(33)28-39-46-40(49-48(39)45)26-27-42-47(46)38-20-10-11-21-41(38)50-42/h1-28H. The summed E-state index contributed by atoms with van der Waals surface area (Å²) in [5.41, 5.74) is 9.15. The molecule has 0 unspecified atom stereocenters. The molecule has 0 saturated carbocycles. The molecule has 0 aliphatic carbocycles. The number of hydrogen-bond acceptors (Lipinski definition) is 2. The summed E-state index contributed by atoms with van der Waals surface area (Å²) in [6.07, 6.45) is 0. The van der Waals surface area contributed by atoms with Gasteiger partial charge < -0.3 is 4.42 Å². The fourth-order valence-electron chi connectivity index (χ4n) is 8.33. The Morgan fingerprint density at radius 2 is 0.860 bits per heavy atom. The molecule has 2 heterocycles. The van der Waals surface area contributed by atoms with Gasteiger partial charge in [-0.3, -0.25) is 0 Å². The van der Waals surface area contributed by atoms with Crippen LogP contribution in [0.4, 0.5) is 0 Å². The van der Waals surface area contributed by atoms with E-state index in [1.807, 2.05) is 11.3 Å². The summed E-state index contributed by atoms with van der Waals surface area (Å²) in [5, 5.41) is 12.4. The Morgan fingerprint density at radius 3 is 1.52 bits per heavy atom. The first-order chi connectivity index (χ1) is 24.8. The molecule has 11 rings (SSSR count). The van der Waals surface area contributed by atoms with Crippen LogP contribution in [0.3, 0.4) is 0 Å². The number of rotatable bonds is 3. The Labute approximate surface area is 292 Å². The van der Waals surface area contributed by atoms with Gasteiger partial charge in [-0.25, -0.2) is 0 Å². The second-order valence-electron chi connectivity index (χ2n) is 13.1. The second kappa shape index (κ2) is 10.6. The molecule has 0 bridgehead atoms. The van der Waals surface area contributed by atoms with Gasteiger partial charge in [0.05, 0.1) is 0 Å². The summed E-state index contributed by atoms with van der Waals surface area (Å²) in [5.74, 6) is 0. The molecule has 0 N–H and O–H groups in total. The van der Waals surface area contributed by atoms with Gasteiger partial charge in [-0.2, -0.15) is 0 Å². The number of thiophene rings is 1. The third-order valence-corrected chi connectivity index (χ3v) is 11.6. The van der Waals surface area contributed by atoms with Crippen LogP contribution in [-0.4, -0.2) is 0 Å². The first-order valence-electron chi connectivity index (χ1n) is 17.1. The van der Waals surface area contributed by atoms with E-state index in [0.29, 0.717) is 0 Å². The lowest BCUT2D eigenvalue weighted by Crippen LogP contribution is -1.91. The molecule has 2 aromatic heterocycles. The smallest absolute Gasteiger partial charge is 0.143 e. The van der Waals surface area contributed by atoms with Crippen molar-refractivity contribution >= 4 is 85.8 Å². The quantitative estimate of drug-likeness (QED) is 0.173. The van der Waals surface area contributed by atoms with Crippen LogP contribution in [0, 0.1) is 0 Å². The Kier molecular flexibility index (Phi) is 5.89. The van der Waals surface area contributed by atoms with Crippen molar-refractivity contribution in [2.75, 3.05) is 0 Å². The van der Waals surface area contributed by atoms with E-state index in [4.69, 9.17) is 4.42 Å². The van der Waals surface area contributed by atoms with Crippen molar-refractivity contribution in [1.82, 2.24) is 0 Å². The number of benzene rings is 9. The molecular weight excluding hydrogens is 625 g/mol. The fraction of sp³-hybridized carbons (Fsp3) is 0. The number of hydrogen-bond donors (Lipinski definition) is 0. The fourth-order valence-corrected chi connectivity index (χ4v) is 9.44. The minimum Gasteiger partial charge on any atom is -0.455 e. The van der Waals surface area contributed by atoms with Crippen molar-refractivity contribution in [2.24, 2.45) is 0 Å². The zero-order valence-corrected chi connectivity index (χ0v) is 27.8. The van der Waals surface area contributed by atoms with Gasteiger partial charge in [0.2, 0.25) is 0 Å². The molecule has 9 aromatic carbocycles. The highest BCUT2D eigenvalue weighted by Gasteiger charge is 2.21. The molecule has 1 nitrogen and oxygen atoms in total. The highest BCUT2D eigenvalue weighted by molar-refractivity contribution is 7.26. The lowest BCUT2D eigenvalue weighted by molar-refractivity contribution is 0.671. The predicted molar refractivity (Wildman–Crippen MR) is 215 cm³/mol. The van der Waals surface area contributed by atoms with Crippen LogP contribution in [0.15, 0.2) is 174 Å². The first-order valence-corrected chi connectivity index (χ1v) is 17.9. The number of furan rings is 1. The average molecular weight is 653 g/mol. The molecular formula is C48H28OS. The van der Waals surface area contributed by atoms with Gasteiger partial charge in [-0.15, -0.1) is 11.3 Å². The molecule has 0 fully saturated rings. The Bertz CT molecular complexity index is 3070. The molecule has 2 heteroatoms. The van der Waals surface area contributed by atoms with Crippen molar-refractivity contribution in [2.45, 2.75) is 0 Å². The maximum atomic E-state index is 6.86. The van der Waals surface area contributed by atoms with Crippen molar-refractivity contribution in [3.8, 4) is 33.4 Å². The van der Waals surface area contributed by atoms with Crippen molar-refractivity contribution in [1.29, 1.82) is 0 Å². The summed E-state index contributed by atoms with van der Waals surface area (Å²) in [7, 11) is 0. The topological polar surface area (TPSA) is 13.1 Å². The largest absolute Gasteiger partial charge is 0.455 e.